The molecule has 8 heteroatoms. The van der Waals surface area contributed by atoms with Crippen LogP contribution in [-0.2, 0) is 23.3 Å². The molecule has 1 atom stereocenters. The Hall–Kier alpha value is -2.03. The van der Waals surface area contributed by atoms with Crippen LogP contribution in [0.2, 0.25) is 0 Å². The molecule has 5 nitrogen and oxygen atoms in total. The predicted molar refractivity (Wildman–Crippen MR) is 103 cm³/mol. The van der Waals surface area contributed by atoms with Crippen LogP contribution in [0.3, 0.4) is 0 Å². The summed E-state index contributed by atoms with van der Waals surface area (Å²) in [4.78, 5) is 33.0. The molecule has 3 aromatic rings. The second kappa shape index (κ2) is 6.00. The third-order valence-electron chi connectivity index (χ3n) is 4.98. The van der Waals surface area contributed by atoms with E-state index in [9.17, 15) is 9.59 Å². The smallest absolute Gasteiger partial charge is 0.319 e. The molecule has 0 radical (unpaired) electrons. The van der Waals surface area contributed by atoms with E-state index in [0.717, 1.165) is 34.7 Å². The first-order chi connectivity index (χ1) is 12.7. The van der Waals surface area contributed by atoms with Gasteiger partial charge in [0.25, 0.3) is 5.91 Å². The molecule has 0 saturated carbocycles. The molecule has 3 aromatic heterocycles. The third-order valence-corrected chi connectivity index (χ3v) is 7.58. The Morgan fingerprint density at radius 1 is 1.19 bits per heavy atom. The van der Waals surface area contributed by atoms with Crippen molar-refractivity contribution in [2.45, 2.75) is 31.3 Å². The van der Waals surface area contributed by atoms with Crippen LogP contribution in [-0.4, -0.2) is 21.8 Å². The fourth-order valence-electron chi connectivity index (χ4n) is 3.75. The van der Waals surface area contributed by atoms with Crippen molar-refractivity contribution in [2.24, 2.45) is 0 Å². The number of fused-ring (bicyclic) bond motifs is 2. The molecule has 1 aliphatic heterocycles. The van der Waals surface area contributed by atoms with Crippen LogP contribution in [0.5, 0.6) is 0 Å². The Morgan fingerprint density at radius 2 is 2.12 bits per heavy atom. The maximum atomic E-state index is 13.2. The van der Waals surface area contributed by atoms with Gasteiger partial charge in [0.05, 0.1) is 12.2 Å². The minimum atomic E-state index is -0.878. The predicted octanol–water partition coefficient (Wildman–Crippen LogP) is 4.22. The van der Waals surface area contributed by atoms with E-state index in [0.29, 0.717) is 6.42 Å². The van der Waals surface area contributed by atoms with E-state index in [1.165, 1.54) is 21.1 Å². The molecule has 0 aromatic carbocycles. The van der Waals surface area contributed by atoms with Crippen molar-refractivity contribution in [3.05, 3.63) is 49.8 Å². The Labute approximate surface area is 162 Å². The van der Waals surface area contributed by atoms with Crippen molar-refractivity contribution in [2.75, 3.05) is 0 Å². The second-order valence-corrected chi connectivity index (χ2v) is 9.13. The van der Waals surface area contributed by atoms with E-state index in [1.54, 1.807) is 22.7 Å². The summed E-state index contributed by atoms with van der Waals surface area (Å²) < 4.78 is 0. The summed E-state index contributed by atoms with van der Waals surface area (Å²) in [7, 11) is 0. The number of nitrogens with zero attached hydrogens (tertiary/aromatic N) is 2. The van der Waals surface area contributed by atoms with Crippen molar-refractivity contribution in [1.82, 2.24) is 15.2 Å². The quantitative estimate of drug-likeness (QED) is 0.669. The highest BCUT2D eigenvalue weighted by Gasteiger charge is 2.54. The standard InChI is InChI=1S/C18H15N3O2S3/c22-16-18(5-1-2-14-13(18)4-7-25-14)20-17(23)21(16)8-12-10-26-15(19-12)11-3-6-24-9-11/h3-4,6-7,9-10H,1-2,5,8H2,(H,20,23)/t18-/m1/s1. The number of thiazole rings is 1. The van der Waals surface area contributed by atoms with E-state index < -0.39 is 5.54 Å². The number of amides is 3. The van der Waals surface area contributed by atoms with Crippen LogP contribution in [0.4, 0.5) is 4.79 Å². The number of carbonyl (C=O) groups is 2. The number of thiophene rings is 2. The fraction of sp³-hybridized carbons (Fsp3) is 0.278. The lowest BCUT2D eigenvalue weighted by Gasteiger charge is -2.31. The number of aryl methyl sites for hydroxylation is 1. The van der Waals surface area contributed by atoms with Crippen molar-refractivity contribution in [3.63, 3.8) is 0 Å². The first-order valence-corrected chi connectivity index (χ1v) is 11.1. The fourth-order valence-corrected chi connectivity index (χ4v) is 6.27. The molecule has 0 bridgehead atoms. The number of rotatable bonds is 3. The average Bonchev–Trinajstić information content (AvgIpc) is 3.41. The Balaban J connectivity index is 1.43. The van der Waals surface area contributed by atoms with Gasteiger partial charge in [-0.15, -0.1) is 22.7 Å². The average molecular weight is 402 g/mol. The molecule has 1 spiro atoms. The van der Waals surface area contributed by atoms with Crippen molar-refractivity contribution >= 4 is 45.9 Å². The van der Waals surface area contributed by atoms with Crippen molar-refractivity contribution in [1.29, 1.82) is 0 Å². The van der Waals surface area contributed by atoms with Gasteiger partial charge < -0.3 is 5.32 Å². The van der Waals surface area contributed by atoms with Crippen LogP contribution < -0.4 is 5.32 Å². The molecule has 26 heavy (non-hydrogen) atoms. The van der Waals surface area contributed by atoms with Crippen molar-refractivity contribution < 1.29 is 9.59 Å². The van der Waals surface area contributed by atoms with Gasteiger partial charge in [0.15, 0.2) is 0 Å². The number of carbonyl (C=O) groups excluding carboxylic acids is 2. The summed E-state index contributed by atoms with van der Waals surface area (Å²) >= 11 is 4.83. The largest absolute Gasteiger partial charge is 0.325 e. The first kappa shape index (κ1) is 16.2. The molecule has 1 fully saturated rings. The van der Waals surface area contributed by atoms with Crippen LogP contribution in [0.15, 0.2) is 33.7 Å². The zero-order valence-electron chi connectivity index (χ0n) is 13.7. The number of hydrogen-bond donors (Lipinski definition) is 1. The highest BCUT2D eigenvalue weighted by atomic mass is 32.1. The summed E-state index contributed by atoms with van der Waals surface area (Å²) in [6.45, 7) is 0.215. The lowest BCUT2D eigenvalue weighted by molar-refractivity contribution is -0.132. The molecule has 132 valence electrons. The molecule has 2 aliphatic rings. The third kappa shape index (κ3) is 2.36. The minimum absolute atomic E-state index is 0.146. The Bertz CT molecular complexity index is 991. The normalized spacial score (nSPS) is 22.1. The topological polar surface area (TPSA) is 62.3 Å². The van der Waals surface area contributed by atoms with Gasteiger partial charge in [-0.05, 0) is 42.2 Å². The first-order valence-electron chi connectivity index (χ1n) is 8.35. The molecule has 3 amide bonds. The lowest BCUT2D eigenvalue weighted by Crippen LogP contribution is -2.46. The van der Waals surface area contributed by atoms with Gasteiger partial charge in [0.1, 0.15) is 10.5 Å². The summed E-state index contributed by atoms with van der Waals surface area (Å²) in [5.74, 6) is -0.146. The highest BCUT2D eigenvalue weighted by molar-refractivity contribution is 7.14. The maximum absolute atomic E-state index is 13.2. The SMILES string of the molecule is O=C1N[C@@]2(CCCc3sccc32)C(=O)N1Cc1csc(-c2ccsc2)n1. The monoisotopic (exact) mass is 401 g/mol. The molecule has 1 aliphatic carbocycles. The summed E-state index contributed by atoms with van der Waals surface area (Å²) in [5, 5.41) is 11.9. The summed E-state index contributed by atoms with van der Waals surface area (Å²) in [6, 6.07) is 3.69. The number of urea groups is 1. The van der Waals surface area contributed by atoms with Gasteiger partial charge in [-0.1, -0.05) is 0 Å². The highest BCUT2D eigenvalue weighted by Crippen LogP contribution is 2.42. The van der Waals surface area contributed by atoms with Gasteiger partial charge >= 0.3 is 6.03 Å². The van der Waals surface area contributed by atoms with Crippen LogP contribution in [0.1, 0.15) is 29.0 Å². The second-order valence-electron chi connectivity index (χ2n) is 6.49. The Morgan fingerprint density at radius 3 is 2.96 bits per heavy atom. The van der Waals surface area contributed by atoms with Crippen LogP contribution in [0, 0.1) is 0 Å². The number of hydrogen-bond acceptors (Lipinski definition) is 6. The van der Waals surface area contributed by atoms with Gasteiger partial charge in [0, 0.05) is 26.8 Å². The Kier molecular flexibility index (Phi) is 3.73. The number of nitrogens with one attached hydrogen (secondary N) is 1. The van der Waals surface area contributed by atoms with E-state index in [4.69, 9.17) is 0 Å². The van der Waals surface area contributed by atoms with Gasteiger partial charge in [-0.25, -0.2) is 9.78 Å². The molecule has 4 heterocycles. The molecular weight excluding hydrogens is 386 g/mol. The molecule has 0 unspecified atom stereocenters. The molecular formula is C18H15N3O2S3. The van der Waals surface area contributed by atoms with E-state index in [-0.39, 0.29) is 18.5 Å². The summed E-state index contributed by atoms with van der Waals surface area (Å²) in [5.41, 5.74) is 1.93. The summed E-state index contributed by atoms with van der Waals surface area (Å²) in [6.07, 6.45) is 2.55. The zero-order valence-corrected chi connectivity index (χ0v) is 16.2. The number of imide groups is 1. The zero-order chi connectivity index (χ0) is 17.7. The van der Waals surface area contributed by atoms with Crippen LogP contribution >= 0.6 is 34.0 Å². The lowest BCUT2D eigenvalue weighted by atomic mass is 9.80. The van der Waals surface area contributed by atoms with Gasteiger partial charge in [0.2, 0.25) is 0 Å². The van der Waals surface area contributed by atoms with Gasteiger partial charge in [-0.3, -0.25) is 9.69 Å². The van der Waals surface area contributed by atoms with Crippen LogP contribution in [0.25, 0.3) is 10.6 Å². The van der Waals surface area contributed by atoms with E-state index in [2.05, 4.69) is 10.3 Å². The molecule has 1 saturated heterocycles. The minimum Gasteiger partial charge on any atom is -0.319 e. The maximum Gasteiger partial charge on any atom is 0.325 e. The van der Waals surface area contributed by atoms with E-state index in [1.807, 2.05) is 33.7 Å². The van der Waals surface area contributed by atoms with Crippen molar-refractivity contribution in [3.8, 4) is 10.6 Å². The number of aromatic nitrogens is 1. The molecule has 5 rings (SSSR count). The van der Waals surface area contributed by atoms with Gasteiger partial charge in [-0.2, -0.15) is 11.3 Å². The molecule has 1 N–H and O–H groups in total. The van der Waals surface area contributed by atoms with E-state index >= 15 is 0 Å².